The standard InChI is InChI=1S/C20H26N4O3/c1-13-10-21-8-3-9-23(13)11-14-4-2-5-15-12-24(20(27)18(14)15)16-6-7-17(25)22-19(16)26/h2,4-5,13,16,21H,3,6-12H2,1H3,(H,22,25,26)/t13-,16?/m1/s1. The van der Waals surface area contributed by atoms with E-state index >= 15 is 0 Å². The zero-order chi connectivity index (χ0) is 19.0. The Morgan fingerprint density at radius 3 is 2.89 bits per heavy atom. The van der Waals surface area contributed by atoms with Crippen molar-refractivity contribution in [1.82, 2.24) is 20.4 Å². The molecule has 3 aliphatic rings. The minimum Gasteiger partial charge on any atom is -0.322 e. The van der Waals surface area contributed by atoms with Crippen LogP contribution in [-0.2, 0) is 22.7 Å². The largest absolute Gasteiger partial charge is 0.322 e. The summed E-state index contributed by atoms with van der Waals surface area (Å²) < 4.78 is 0. The van der Waals surface area contributed by atoms with Crippen LogP contribution in [0, 0.1) is 0 Å². The fraction of sp³-hybridized carbons (Fsp3) is 0.550. The van der Waals surface area contributed by atoms with Gasteiger partial charge in [0.1, 0.15) is 6.04 Å². The molecule has 2 atom stereocenters. The van der Waals surface area contributed by atoms with Crippen LogP contribution in [0.3, 0.4) is 0 Å². The molecule has 1 aromatic rings. The molecule has 3 amide bonds. The molecule has 0 saturated carbocycles. The normalized spacial score (nSPS) is 26.7. The Labute approximate surface area is 159 Å². The van der Waals surface area contributed by atoms with E-state index in [9.17, 15) is 14.4 Å². The summed E-state index contributed by atoms with van der Waals surface area (Å²) in [7, 11) is 0. The maximum Gasteiger partial charge on any atom is 0.255 e. The van der Waals surface area contributed by atoms with E-state index in [0.29, 0.717) is 19.0 Å². The number of carbonyl (C=O) groups excluding carboxylic acids is 3. The number of amides is 3. The molecule has 0 aliphatic carbocycles. The number of hydrogen-bond acceptors (Lipinski definition) is 5. The van der Waals surface area contributed by atoms with Gasteiger partial charge in [-0.3, -0.25) is 24.6 Å². The molecule has 3 heterocycles. The van der Waals surface area contributed by atoms with Gasteiger partial charge >= 0.3 is 0 Å². The highest BCUT2D eigenvalue weighted by atomic mass is 16.2. The highest BCUT2D eigenvalue weighted by Crippen LogP contribution is 2.30. The average Bonchev–Trinajstić information content (AvgIpc) is 2.84. The van der Waals surface area contributed by atoms with Crippen LogP contribution >= 0.6 is 0 Å². The summed E-state index contributed by atoms with van der Waals surface area (Å²) in [6.45, 7) is 6.36. The van der Waals surface area contributed by atoms with Crippen molar-refractivity contribution in [2.45, 2.75) is 51.4 Å². The van der Waals surface area contributed by atoms with E-state index in [4.69, 9.17) is 0 Å². The van der Waals surface area contributed by atoms with Gasteiger partial charge < -0.3 is 10.2 Å². The smallest absolute Gasteiger partial charge is 0.255 e. The Morgan fingerprint density at radius 2 is 2.07 bits per heavy atom. The van der Waals surface area contributed by atoms with E-state index in [1.807, 2.05) is 18.2 Å². The zero-order valence-corrected chi connectivity index (χ0v) is 15.7. The van der Waals surface area contributed by atoms with Gasteiger partial charge in [0.25, 0.3) is 5.91 Å². The van der Waals surface area contributed by atoms with Crippen molar-refractivity contribution in [2.24, 2.45) is 0 Å². The van der Waals surface area contributed by atoms with Gasteiger partial charge in [-0.1, -0.05) is 18.2 Å². The third-order valence-electron chi connectivity index (χ3n) is 5.87. The van der Waals surface area contributed by atoms with E-state index in [1.54, 1.807) is 4.90 Å². The quantitative estimate of drug-likeness (QED) is 0.763. The van der Waals surface area contributed by atoms with Crippen LogP contribution in [0.1, 0.15) is 47.7 Å². The minimum absolute atomic E-state index is 0.0873. The number of hydrogen-bond donors (Lipinski definition) is 2. The van der Waals surface area contributed by atoms with Crippen molar-refractivity contribution in [3.05, 3.63) is 34.9 Å². The number of piperidine rings is 1. The van der Waals surface area contributed by atoms with Gasteiger partial charge in [0.2, 0.25) is 11.8 Å². The predicted octanol–water partition coefficient (Wildman–Crippen LogP) is 0.631. The molecule has 144 valence electrons. The van der Waals surface area contributed by atoms with Crippen LogP contribution in [0.25, 0.3) is 0 Å². The SMILES string of the molecule is C[C@@H]1CNCCCN1Cc1cccc2c1C(=O)N(C1CCC(=O)NC1=O)C2. The third-order valence-corrected chi connectivity index (χ3v) is 5.87. The van der Waals surface area contributed by atoms with E-state index in [-0.39, 0.29) is 24.1 Å². The Hall–Kier alpha value is -2.25. The molecule has 2 saturated heterocycles. The van der Waals surface area contributed by atoms with Crippen LogP contribution in [0.2, 0.25) is 0 Å². The second-order valence-electron chi connectivity index (χ2n) is 7.73. The third kappa shape index (κ3) is 3.49. The molecule has 0 bridgehead atoms. The van der Waals surface area contributed by atoms with Crippen LogP contribution in [0.5, 0.6) is 0 Å². The summed E-state index contributed by atoms with van der Waals surface area (Å²) in [4.78, 5) is 40.9. The summed E-state index contributed by atoms with van der Waals surface area (Å²) in [5, 5.41) is 5.80. The number of rotatable bonds is 3. The second kappa shape index (κ2) is 7.40. The minimum atomic E-state index is -0.559. The van der Waals surface area contributed by atoms with Gasteiger partial charge in [-0.25, -0.2) is 0 Å². The average molecular weight is 370 g/mol. The van der Waals surface area contributed by atoms with Gasteiger partial charge in [-0.05, 0) is 37.4 Å². The number of benzene rings is 1. The molecular formula is C20H26N4O3. The predicted molar refractivity (Wildman–Crippen MR) is 99.8 cm³/mol. The fourth-order valence-electron chi connectivity index (χ4n) is 4.34. The van der Waals surface area contributed by atoms with Crippen LogP contribution in [0.4, 0.5) is 0 Å². The number of carbonyl (C=O) groups is 3. The Balaban J connectivity index is 1.56. The molecule has 0 spiro atoms. The highest BCUT2D eigenvalue weighted by Gasteiger charge is 2.40. The summed E-state index contributed by atoms with van der Waals surface area (Å²) in [5.74, 6) is -0.707. The topological polar surface area (TPSA) is 81.8 Å². The van der Waals surface area contributed by atoms with Crippen LogP contribution < -0.4 is 10.6 Å². The van der Waals surface area contributed by atoms with Crippen molar-refractivity contribution >= 4 is 17.7 Å². The molecule has 2 fully saturated rings. The molecule has 4 rings (SSSR count). The van der Waals surface area contributed by atoms with Gasteiger partial charge in [-0.2, -0.15) is 0 Å². The Bertz CT molecular complexity index is 778. The zero-order valence-electron chi connectivity index (χ0n) is 15.7. The maximum atomic E-state index is 13.2. The molecule has 1 unspecified atom stereocenters. The van der Waals surface area contributed by atoms with Crippen LogP contribution in [-0.4, -0.2) is 59.2 Å². The molecular weight excluding hydrogens is 344 g/mol. The first-order valence-corrected chi connectivity index (χ1v) is 9.75. The molecule has 0 aromatic heterocycles. The van der Waals surface area contributed by atoms with E-state index in [1.165, 1.54) is 0 Å². The molecule has 27 heavy (non-hydrogen) atoms. The van der Waals surface area contributed by atoms with Crippen molar-refractivity contribution in [3.8, 4) is 0 Å². The van der Waals surface area contributed by atoms with E-state index < -0.39 is 6.04 Å². The molecule has 3 aliphatic heterocycles. The number of fused-ring (bicyclic) bond motifs is 1. The molecule has 7 heteroatoms. The first-order chi connectivity index (χ1) is 13.0. The van der Waals surface area contributed by atoms with E-state index in [2.05, 4.69) is 22.5 Å². The maximum absolute atomic E-state index is 13.2. The molecule has 2 N–H and O–H groups in total. The molecule has 1 aromatic carbocycles. The van der Waals surface area contributed by atoms with Gasteiger partial charge in [-0.15, -0.1) is 0 Å². The summed E-state index contributed by atoms with van der Waals surface area (Å²) in [6.07, 6.45) is 1.77. The number of nitrogens with one attached hydrogen (secondary N) is 2. The van der Waals surface area contributed by atoms with Crippen molar-refractivity contribution in [3.63, 3.8) is 0 Å². The number of imide groups is 1. The first kappa shape index (κ1) is 18.1. The summed E-state index contributed by atoms with van der Waals surface area (Å²) >= 11 is 0. The lowest BCUT2D eigenvalue weighted by Gasteiger charge is -2.29. The van der Waals surface area contributed by atoms with Gasteiger partial charge in [0, 0.05) is 44.2 Å². The molecule has 7 nitrogen and oxygen atoms in total. The lowest BCUT2D eigenvalue weighted by atomic mass is 10.0. The summed E-state index contributed by atoms with van der Waals surface area (Å²) in [5.41, 5.74) is 2.75. The Morgan fingerprint density at radius 1 is 1.22 bits per heavy atom. The highest BCUT2D eigenvalue weighted by molar-refractivity contribution is 6.05. The lowest BCUT2D eigenvalue weighted by Crippen LogP contribution is -2.52. The van der Waals surface area contributed by atoms with Crippen molar-refractivity contribution < 1.29 is 14.4 Å². The Kier molecular flexibility index (Phi) is 4.97. The number of nitrogens with zero attached hydrogens (tertiary/aromatic N) is 2. The molecule has 0 radical (unpaired) electrons. The van der Waals surface area contributed by atoms with Gasteiger partial charge in [0.15, 0.2) is 0 Å². The monoisotopic (exact) mass is 370 g/mol. The van der Waals surface area contributed by atoms with Crippen molar-refractivity contribution in [2.75, 3.05) is 19.6 Å². The van der Waals surface area contributed by atoms with E-state index in [0.717, 1.165) is 49.3 Å². The lowest BCUT2D eigenvalue weighted by molar-refractivity contribution is -0.136. The first-order valence-electron chi connectivity index (χ1n) is 9.75. The second-order valence-corrected chi connectivity index (χ2v) is 7.73. The van der Waals surface area contributed by atoms with Crippen LogP contribution in [0.15, 0.2) is 18.2 Å². The fourth-order valence-corrected chi connectivity index (χ4v) is 4.34. The van der Waals surface area contributed by atoms with Crippen molar-refractivity contribution in [1.29, 1.82) is 0 Å². The summed E-state index contributed by atoms with van der Waals surface area (Å²) in [6, 6.07) is 5.84. The van der Waals surface area contributed by atoms with Gasteiger partial charge in [0.05, 0.1) is 0 Å².